The van der Waals surface area contributed by atoms with E-state index in [1.165, 1.54) is 32.1 Å². The molecule has 0 aliphatic heterocycles. The Morgan fingerprint density at radius 3 is 2.56 bits per heavy atom. The molecule has 5 heteroatoms. The summed E-state index contributed by atoms with van der Waals surface area (Å²) >= 11 is 0. The lowest BCUT2D eigenvalue weighted by atomic mass is 9.69. The van der Waals surface area contributed by atoms with Gasteiger partial charge in [-0.2, -0.15) is 5.21 Å². The molecule has 0 saturated heterocycles. The fraction of sp³-hybridized carbons (Fsp3) is 0.923. The molecule has 5 nitrogen and oxygen atoms in total. The van der Waals surface area contributed by atoms with Gasteiger partial charge >= 0.3 is 0 Å². The summed E-state index contributed by atoms with van der Waals surface area (Å²) in [4.78, 5) is 0. The molecule has 18 heavy (non-hydrogen) atoms. The molecular weight excluding hydrogens is 226 g/mol. The van der Waals surface area contributed by atoms with Crippen molar-refractivity contribution < 1.29 is 0 Å². The first-order valence-corrected chi connectivity index (χ1v) is 7.07. The van der Waals surface area contributed by atoms with Crippen molar-refractivity contribution in [3.05, 3.63) is 5.82 Å². The Labute approximate surface area is 109 Å². The highest BCUT2D eigenvalue weighted by Crippen LogP contribution is 2.40. The molecule has 0 amide bonds. The number of rotatable bonds is 5. The van der Waals surface area contributed by atoms with Crippen molar-refractivity contribution in [2.24, 2.45) is 11.3 Å². The van der Waals surface area contributed by atoms with Crippen LogP contribution in [-0.2, 0) is 6.54 Å². The van der Waals surface area contributed by atoms with Gasteiger partial charge < -0.3 is 5.32 Å². The van der Waals surface area contributed by atoms with Gasteiger partial charge in [-0.3, -0.25) is 0 Å². The highest BCUT2D eigenvalue weighted by atomic mass is 15.5. The smallest absolute Gasteiger partial charge is 0.188 e. The number of tetrazole rings is 1. The molecule has 0 atom stereocenters. The van der Waals surface area contributed by atoms with E-state index in [2.05, 4.69) is 46.7 Å². The molecule has 1 aliphatic carbocycles. The Hall–Kier alpha value is -0.970. The van der Waals surface area contributed by atoms with Gasteiger partial charge in [0.05, 0.1) is 6.54 Å². The third kappa shape index (κ3) is 3.28. The summed E-state index contributed by atoms with van der Waals surface area (Å²) in [7, 11) is 0. The number of aromatic amines is 1. The first-order chi connectivity index (χ1) is 8.62. The first kappa shape index (κ1) is 13.5. The van der Waals surface area contributed by atoms with Crippen molar-refractivity contribution >= 4 is 0 Å². The molecule has 0 aromatic carbocycles. The summed E-state index contributed by atoms with van der Waals surface area (Å²) < 4.78 is 0. The molecule has 0 bridgehead atoms. The summed E-state index contributed by atoms with van der Waals surface area (Å²) in [5.41, 5.74) is 0.499. The average Bonchev–Trinajstić information content (AvgIpc) is 2.90. The molecule has 1 aromatic rings. The normalized spacial score (nSPS) is 25.3. The zero-order valence-corrected chi connectivity index (χ0v) is 11.7. The second kappa shape index (κ2) is 5.78. The second-order valence-electron chi connectivity index (χ2n) is 6.10. The van der Waals surface area contributed by atoms with E-state index in [4.69, 9.17) is 0 Å². The third-order valence-electron chi connectivity index (χ3n) is 4.68. The molecule has 0 radical (unpaired) electrons. The van der Waals surface area contributed by atoms with Gasteiger partial charge in [0.25, 0.3) is 0 Å². The Morgan fingerprint density at radius 2 is 2.00 bits per heavy atom. The predicted octanol–water partition coefficient (Wildman–Crippen LogP) is 2.28. The Kier molecular flexibility index (Phi) is 4.32. The predicted molar refractivity (Wildman–Crippen MR) is 70.8 cm³/mol. The summed E-state index contributed by atoms with van der Waals surface area (Å²) in [5.74, 6) is 1.64. The van der Waals surface area contributed by atoms with Crippen LogP contribution in [-0.4, -0.2) is 26.7 Å². The van der Waals surface area contributed by atoms with Crippen molar-refractivity contribution in [3.63, 3.8) is 0 Å². The minimum absolute atomic E-state index is 0.499. The Morgan fingerprint density at radius 1 is 1.28 bits per heavy atom. The van der Waals surface area contributed by atoms with Gasteiger partial charge in [0, 0.05) is 6.04 Å². The second-order valence-corrected chi connectivity index (χ2v) is 6.10. The van der Waals surface area contributed by atoms with E-state index in [9.17, 15) is 0 Å². The molecule has 1 aliphatic rings. The maximum atomic E-state index is 3.96. The van der Waals surface area contributed by atoms with Crippen LogP contribution in [0.2, 0.25) is 0 Å². The molecule has 102 valence electrons. The topological polar surface area (TPSA) is 66.5 Å². The van der Waals surface area contributed by atoms with Crippen LogP contribution >= 0.6 is 0 Å². The van der Waals surface area contributed by atoms with Crippen LogP contribution in [0.5, 0.6) is 0 Å². The van der Waals surface area contributed by atoms with E-state index in [1.54, 1.807) is 0 Å². The van der Waals surface area contributed by atoms with Crippen LogP contribution < -0.4 is 5.32 Å². The molecule has 1 saturated carbocycles. The van der Waals surface area contributed by atoms with Gasteiger partial charge in [0.2, 0.25) is 0 Å². The molecule has 0 spiro atoms. The first-order valence-electron chi connectivity index (χ1n) is 7.07. The van der Waals surface area contributed by atoms with E-state index in [-0.39, 0.29) is 0 Å². The van der Waals surface area contributed by atoms with Gasteiger partial charge in [-0.25, -0.2) is 0 Å². The minimum Gasteiger partial charge on any atom is -0.307 e. The van der Waals surface area contributed by atoms with Crippen LogP contribution in [0.3, 0.4) is 0 Å². The van der Waals surface area contributed by atoms with Gasteiger partial charge in [-0.1, -0.05) is 32.4 Å². The van der Waals surface area contributed by atoms with Crippen molar-refractivity contribution in [3.8, 4) is 0 Å². The van der Waals surface area contributed by atoms with Crippen LogP contribution in [0.25, 0.3) is 0 Å². The van der Waals surface area contributed by atoms with E-state index in [0.717, 1.165) is 18.3 Å². The van der Waals surface area contributed by atoms with Crippen LogP contribution in [0.1, 0.15) is 58.7 Å². The van der Waals surface area contributed by atoms with E-state index in [0.29, 0.717) is 11.5 Å². The molecule has 0 unspecified atom stereocenters. The Balaban J connectivity index is 1.73. The number of hydrogen-bond acceptors (Lipinski definition) is 4. The molecular formula is C13H25N5. The van der Waals surface area contributed by atoms with Crippen molar-refractivity contribution in [1.29, 1.82) is 0 Å². The lowest BCUT2D eigenvalue weighted by Crippen LogP contribution is -2.36. The van der Waals surface area contributed by atoms with Gasteiger partial charge in [0.15, 0.2) is 5.82 Å². The maximum absolute atomic E-state index is 3.96. The number of aromatic nitrogens is 4. The molecule has 1 fully saturated rings. The van der Waals surface area contributed by atoms with E-state index >= 15 is 0 Å². The average molecular weight is 251 g/mol. The van der Waals surface area contributed by atoms with E-state index in [1.807, 2.05) is 0 Å². The standard InChI is InChI=1S/C13H25N5/c1-4-13(2,3)10-5-7-11(8-6-10)14-9-12-15-17-18-16-12/h10-11,14H,4-9H2,1-3H3,(H,15,16,17,18). The van der Waals surface area contributed by atoms with Crippen molar-refractivity contribution in [1.82, 2.24) is 25.9 Å². The molecule has 1 heterocycles. The largest absolute Gasteiger partial charge is 0.307 e. The minimum atomic E-state index is 0.499. The van der Waals surface area contributed by atoms with E-state index < -0.39 is 0 Å². The summed E-state index contributed by atoms with van der Waals surface area (Å²) in [6.45, 7) is 7.85. The number of hydrogen-bond donors (Lipinski definition) is 2. The van der Waals surface area contributed by atoms with Crippen LogP contribution in [0, 0.1) is 11.3 Å². The lowest BCUT2D eigenvalue weighted by Gasteiger charge is -2.39. The van der Waals surface area contributed by atoms with Crippen LogP contribution in [0.15, 0.2) is 0 Å². The summed E-state index contributed by atoms with van der Waals surface area (Å²) in [6, 6.07) is 0.618. The number of H-pyrrole nitrogens is 1. The molecule has 2 rings (SSSR count). The summed E-state index contributed by atoms with van der Waals surface area (Å²) in [5, 5.41) is 17.5. The SMILES string of the molecule is CCC(C)(C)C1CCC(NCc2nn[nH]n2)CC1. The van der Waals surface area contributed by atoms with Crippen LogP contribution in [0.4, 0.5) is 0 Å². The monoisotopic (exact) mass is 251 g/mol. The van der Waals surface area contributed by atoms with Gasteiger partial charge in [-0.15, -0.1) is 10.2 Å². The van der Waals surface area contributed by atoms with Gasteiger partial charge in [0.1, 0.15) is 0 Å². The number of nitrogens with one attached hydrogen (secondary N) is 2. The fourth-order valence-electron chi connectivity index (χ4n) is 2.86. The van der Waals surface area contributed by atoms with Crippen molar-refractivity contribution in [2.45, 2.75) is 65.5 Å². The third-order valence-corrected chi connectivity index (χ3v) is 4.68. The number of nitrogens with zero attached hydrogens (tertiary/aromatic N) is 3. The Bertz CT molecular complexity index is 338. The lowest BCUT2D eigenvalue weighted by molar-refractivity contribution is 0.136. The zero-order chi connectivity index (χ0) is 13.0. The summed E-state index contributed by atoms with van der Waals surface area (Å²) in [6.07, 6.45) is 6.49. The highest BCUT2D eigenvalue weighted by molar-refractivity contribution is 4.86. The zero-order valence-electron chi connectivity index (χ0n) is 11.7. The molecule has 2 N–H and O–H groups in total. The highest BCUT2D eigenvalue weighted by Gasteiger charge is 2.31. The fourth-order valence-corrected chi connectivity index (χ4v) is 2.86. The maximum Gasteiger partial charge on any atom is 0.188 e. The molecule has 1 aromatic heterocycles. The van der Waals surface area contributed by atoms with Crippen molar-refractivity contribution in [2.75, 3.05) is 0 Å². The van der Waals surface area contributed by atoms with Gasteiger partial charge in [-0.05, 0) is 37.0 Å². The quantitative estimate of drug-likeness (QED) is 0.842.